The Morgan fingerprint density at radius 3 is 2.59 bits per heavy atom. The lowest BCUT2D eigenvalue weighted by Gasteiger charge is -2.20. The zero-order valence-corrected chi connectivity index (χ0v) is 11.4. The van der Waals surface area contributed by atoms with Crippen molar-refractivity contribution in [3.05, 3.63) is 33.8 Å². The molecule has 0 aliphatic heterocycles. The summed E-state index contributed by atoms with van der Waals surface area (Å²) in [6.07, 6.45) is 0.630. The largest absolute Gasteiger partial charge is 0.340 e. The lowest BCUT2D eigenvalue weighted by atomic mass is 10.2. The van der Waals surface area contributed by atoms with E-state index < -0.39 is 6.04 Å². The van der Waals surface area contributed by atoms with E-state index in [1.165, 1.54) is 0 Å². The van der Waals surface area contributed by atoms with Crippen molar-refractivity contribution in [2.24, 2.45) is 5.73 Å². The number of likely N-dealkylation sites (N-methyl/N-ethyl adjacent to an activating group) is 1. The fourth-order valence-electron chi connectivity index (χ4n) is 1.45. The van der Waals surface area contributed by atoms with Crippen molar-refractivity contribution >= 4 is 29.1 Å². The fourth-order valence-corrected chi connectivity index (χ4v) is 1.77. The van der Waals surface area contributed by atoms with Crippen LogP contribution in [-0.2, 0) is 11.3 Å². The number of halogens is 2. The highest BCUT2D eigenvalue weighted by molar-refractivity contribution is 6.42. The van der Waals surface area contributed by atoms with Crippen LogP contribution in [0.15, 0.2) is 18.2 Å². The summed E-state index contributed by atoms with van der Waals surface area (Å²) in [4.78, 5) is 13.4. The van der Waals surface area contributed by atoms with Gasteiger partial charge in [0.1, 0.15) is 0 Å². The fraction of sp³-hybridized carbons (Fsp3) is 0.417. The van der Waals surface area contributed by atoms with Crippen molar-refractivity contribution in [1.29, 1.82) is 0 Å². The molecule has 1 atom stereocenters. The average Bonchev–Trinajstić information content (AvgIpc) is 2.31. The van der Waals surface area contributed by atoms with Crippen molar-refractivity contribution in [3.63, 3.8) is 0 Å². The van der Waals surface area contributed by atoms with Crippen LogP contribution in [-0.4, -0.2) is 23.9 Å². The van der Waals surface area contributed by atoms with Gasteiger partial charge < -0.3 is 10.6 Å². The van der Waals surface area contributed by atoms with Crippen LogP contribution < -0.4 is 5.73 Å². The van der Waals surface area contributed by atoms with Crippen LogP contribution in [0.3, 0.4) is 0 Å². The Morgan fingerprint density at radius 2 is 2.06 bits per heavy atom. The standard InChI is InChI=1S/C12H16Cl2N2O/c1-3-11(15)12(17)16(2)7-8-4-5-9(13)10(14)6-8/h4-6,11H,3,7,15H2,1-2H3. The monoisotopic (exact) mass is 274 g/mol. The van der Waals surface area contributed by atoms with Crippen LogP contribution in [0.1, 0.15) is 18.9 Å². The second kappa shape index (κ2) is 6.24. The highest BCUT2D eigenvalue weighted by Crippen LogP contribution is 2.23. The summed E-state index contributed by atoms with van der Waals surface area (Å²) in [7, 11) is 1.72. The molecule has 0 radical (unpaired) electrons. The smallest absolute Gasteiger partial charge is 0.239 e. The van der Waals surface area contributed by atoms with Gasteiger partial charge in [0.25, 0.3) is 0 Å². The maximum Gasteiger partial charge on any atom is 0.239 e. The van der Waals surface area contributed by atoms with Gasteiger partial charge in [0.15, 0.2) is 0 Å². The van der Waals surface area contributed by atoms with Gasteiger partial charge in [-0.15, -0.1) is 0 Å². The molecule has 1 amide bonds. The molecule has 0 saturated carbocycles. The Balaban J connectivity index is 2.71. The molecule has 0 heterocycles. The number of hydrogen-bond donors (Lipinski definition) is 1. The first-order valence-electron chi connectivity index (χ1n) is 5.40. The number of hydrogen-bond acceptors (Lipinski definition) is 2. The van der Waals surface area contributed by atoms with E-state index in [9.17, 15) is 4.79 Å². The molecular formula is C12H16Cl2N2O. The Bertz CT molecular complexity index is 409. The number of rotatable bonds is 4. The quantitative estimate of drug-likeness (QED) is 0.918. The van der Waals surface area contributed by atoms with Crippen molar-refractivity contribution in [3.8, 4) is 0 Å². The molecule has 0 bridgehead atoms. The summed E-state index contributed by atoms with van der Waals surface area (Å²) in [6, 6.07) is 4.88. The van der Waals surface area contributed by atoms with Gasteiger partial charge in [-0.1, -0.05) is 36.2 Å². The zero-order chi connectivity index (χ0) is 13.0. The van der Waals surface area contributed by atoms with Gasteiger partial charge in [-0.3, -0.25) is 4.79 Å². The summed E-state index contributed by atoms with van der Waals surface area (Å²) < 4.78 is 0. The molecule has 0 aromatic heterocycles. The van der Waals surface area contributed by atoms with Crippen LogP contribution in [0.4, 0.5) is 0 Å². The van der Waals surface area contributed by atoms with Crippen molar-refractivity contribution in [2.75, 3.05) is 7.05 Å². The van der Waals surface area contributed by atoms with Crippen LogP contribution in [0.5, 0.6) is 0 Å². The molecule has 0 spiro atoms. The van der Waals surface area contributed by atoms with Gasteiger partial charge >= 0.3 is 0 Å². The summed E-state index contributed by atoms with van der Waals surface area (Å²) in [5.74, 6) is -0.0708. The first-order valence-corrected chi connectivity index (χ1v) is 6.15. The second-order valence-electron chi connectivity index (χ2n) is 3.96. The summed E-state index contributed by atoms with van der Waals surface area (Å²) in [6.45, 7) is 2.36. The highest BCUT2D eigenvalue weighted by atomic mass is 35.5. The molecule has 0 aliphatic rings. The van der Waals surface area contributed by atoms with Gasteiger partial charge in [0, 0.05) is 13.6 Å². The summed E-state index contributed by atoms with van der Waals surface area (Å²) in [5.41, 5.74) is 6.62. The van der Waals surface area contributed by atoms with E-state index in [2.05, 4.69) is 0 Å². The average molecular weight is 275 g/mol. The molecule has 0 saturated heterocycles. The second-order valence-corrected chi connectivity index (χ2v) is 4.77. The van der Waals surface area contributed by atoms with Crippen molar-refractivity contribution < 1.29 is 4.79 Å². The number of amides is 1. The van der Waals surface area contributed by atoms with E-state index in [0.29, 0.717) is 23.0 Å². The molecule has 94 valence electrons. The van der Waals surface area contributed by atoms with Crippen LogP contribution in [0.25, 0.3) is 0 Å². The van der Waals surface area contributed by atoms with E-state index in [-0.39, 0.29) is 5.91 Å². The summed E-state index contributed by atoms with van der Waals surface area (Å²) >= 11 is 11.7. The molecular weight excluding hydrogens is 259 g/mol. The number of nitrogens with zero attached hydrogens (tertiary/aromatic N) is 1. The molecule has 5 heteroatoms. The Morgan fingerprint density at radius 1 is 1.41 bits per heavy atom. The third-order valence-electron chi connectivity index (χ3n) is 2.54. The van der Waals surface area contributed by atoms with E-state index in [1.807, 2.05) is 13.0 Å². The predicted octanol–water partition coefficient (Wildman–Crippen LogP) is 2.69. The lowest BCUT2D eigenvalue weighted by molar-refractivity contribution is -0.131. The first kappa shape index (κ1) is 14.3. The topological polar surface area (TPSA) is 46.3 Å². The van der Waals surface area contributed by atoms with Gasteiger partial charge in [0.05, 0.1) is 16.1 Å². The molecule has 3 nitrogen and oxygen atoms in total. The summed E-state index contributed by atoms with van der Waals surface area (Å²) in [5, 5.41) is 1.000. The van der Waals surface area contributed by atoms with Gasteiger partial charge in [-0.2, -0.15) is 0 Å². The van der Waals surface area contributed by atoms with Crippen molar-refractivity contribution in [1.82, 2.24) is 4.90 Å². The van der Waals surface area contributed by atoms with E-state index in [1.54, 1.807) is 24.1 Å². The van der Waals surface area contributed by atoms with E-state index in [4.69, 9.17) is 28.9 Å². The molecule has 2 N–H and O–H groups in total. The van der Waals surface area contributed by atoms with Gasteiger partial charge in [-0.25, -0.2) is 0 Å². The molecule has 17 heavy (non-hydrogen) atoms. The zero-order valence-electron chi connectivity index (χ0n) is 9.91. The van der Waals surface area contributed by atoms with E-state index >= 15 is 0 Å². The predicted molar refractivity (Wildman–Crippen MR) is 71.2 cm³/mol. The molecule has 1 rings (SSSR count). The van der Waals surface area contributed by atoms with Crippen LogP contribution in [0.2, 0.25) is 10.0 Å². The molecule has 1 aromatic rings. The third kappa shape index (κ3) is 3.87. The number of benzene rings is 1. The normalized spacial score (nSPS) is 12.3. The van der Waals surface area contributed by atoms with E-state index in [0.717, 1.165) is 5.56 Å². The maximum absolute atomic E-state index is 11.8. The molecule has 1 unspecified atom stereocenters. The Labute approximate surface area is 111 Å². The number of carbonyl (C=O) groups is 1. The van der Waals surface area contributed by atoms with Gasteiger partial charge in [-0.05, 0) is 24.1 Å². The Kier molecular flexibility index (Phi) is 5.25. The van der Waals surface area contributed by atoms with Gasteiger partial charge in [0.2, 0.25) is 5.91 Å². The van der Waals surface area contributed by atoms with Crippen LogP contribution in [0, 0.1) is 0 Å². The minimum atomic E-state index is -0.442. The number of nitrogens with two attached hydrogens (primary N) is 1. The number of carbonyl (C=O) groups excluding carboxylic acids is 1. The van der Waals surface area contributed by atoms with Crippen molar-refractivity contribution in [2.45, 2.75) is 25.9 Å². The Hall–Kier alpha value is -0.770. The minimum absolute atomic E-state index is 0.0708. The minimum Gasteiger partial charge on any atom is -0.340 e. The molecule has 1 aromatic carbocycles. The molecule has 0 aliphatic carbocycles. The third-order valence-corrected chi connectivity index (χ3v) is 3.28. The first-order chi connectivity index (χ1) is 7.95. The maximum atomic E-state index is 11.8. The molecule has 0 fully saturated rings. The lowest BCUT2D eigenvalue weighted by Crippen LogP contribution is -2.40. The SMILES string of the molecule is CCC(N)C(=O)N(C)Cc1ccc(Cl)c(Cl)c1. The van der Waals surface area contributed by atoms with Crippen LogP contribution >= 0.6 is 23.2 Å². The highest BCUT2D eigenvalue weighted by Gasteiger charge is 2.16.